The largest absolute Gasteiger partial charge is 0.460 e. The third kappa shape index (κ3) is 3.52. The molecule has 0 fully saturated rings. The van der Waals surface area contributed by atoms with Crippen LogP contribution in [0.3, 0.4) is 0 Å². The van der Waals surface area contributed by atoms with Crippen LogP contribution in [0.15, 0.2) is 53.1 Å². The van der Waals surface area contributed by atoms with E-state index in [4.69, 9.17) is 19.9 Å². The number of hydrogen-bond donors (Lipinski definition) is 1. The van der Waals surface area contributed by atoms with Gasteiger partial charge < -0.3 is 19.9 Å². The lowest BCUT2D eigenvalue weighted by molar-refractivity contribution is -0.140. The molecule has 2 N–H and O–H groups in total. The molecule has 0 radical (unpaired) electrons. The summed E-state index contributed by atoms with van der Waals surface area (Å²) in [6.45, 7) is 2.04. The van der Waals surface area contributed by atoms with Crippen molar-refractivity contribution in [1.82, 2.24) is 0 Å². The highest BCUT2D eigenvalue weighted by Crippen LogP contribution is 2.39. The van der Waals surface area contributed by atoms with Crippen molar-refractivity contribution in [2.45, 2.75) is 12.8 Å². The Morgan fingerprint density at radius 1 is 1.35 bits per heavy atom. The molecule has 1 atom stereocenters. The fourth-order valence-corrected chi connectivity index (χ4v) is 2.42. The van der Waals surface area contributed by atoms with E-state index in [0.29, 0.717) is 5.76 Å². The molecule has 6 nitrogen and oxygen atoms in total. The number of ether oxygens (including phenoxy) is 3. The minimum atomic E-state index is -0.606. The maximum atomic E-state index is 12.4. The lowest BCUT2D eigenvalue weighted by atomic mass is 9.83. The van der Waals surface area contributed by atoms with Gasteiger partial charge in [-0.05, 0) is 12.5 Å². The van der Waals surface area contributed by atoms with E-state index >= 15 is 0 Å². The summed E-state index contributed by atoms with van der Waals surface area (Å²) in [7, 11) is 1.52. The molecule has 0 unspecified atom stereocenters. The highest BCUT2D eigenvalue weighted by Gasteiger charge is 2.36. The number of carbonyl (C=O) groups is 1. The third-order valence-electron chi connectivity index (χ3n) is 3.48. The highest BCUT2D eigenvalue weighted by molar-refractivity contribution is 5.92. The van der Waals surface area contributed by atoms with Crippen LogP contribution in [0.25, 0.3) is 0 Å². The average molecular weight is 314 g/mol. The van der Waals surface area contributed by atoms with Crippen LogP contribution < -0.4 is 5.73 Å². The molecule has 6 heteroatoms. The summed E-state index contributed by atoms with van der Waals surface area (Å²) >= 11 is 0. The fourth-order valence-electron chi connectivity index (χ4n) is 2.42. The zero-order chi connectivity index (χ0) is 16.8. The van der Waals surface area contributed by atoms with E-state index in [2.05, 4.69) is 0 Å². The predicted molar refractivity (Wildman–Crippen MR) is 82.6 cm³/mol. The number of methoxy groups -OCH3 is 1. The maximum Gasteiger partial charge on any atom is 0.338 e. The van der Waals surface area contributed by atoms with Crippen LogP contribution >= 0.6 is 0 Å². The van der Waals surface area contributed by atoms with Crippen molar-refractivity contribution in [2.24, 2.45) is 5.73 Å². The first kappa shape index (κ1) is 16.6. The third-order valence-corrected chi connectivity index (χ3v) is 3.48. The van der Waals surface area contributed by atoms with E-state index in [1.807, 2.05) is 36.4 Å². The molecule has 1 aromatic rings. The van der Waals surface area contributed by atoms with Crippen LogP contribution in [-0.4, -0.2) is 26.3 Å². The first-order valence-electron chi connectivity index (χ1n) is 7.09. The predicted octanol–water partition coefficient (Wildman–Crippen LogP) is 1.96. The van der Waals surface area contributed by atoms with Crippen molar-refractivity contribution < 1.29 is 19.0 Å². The summed E-state index contributed by atoms with van der Waals surface area (Å²) in [4.78, 5) is 12.4. The molecular weight excluding hydrogens is 296 g/mol. The standard InChI is InChI=1S/C17H18N2O4/c1-11-14(17(20)22-9-8-21-2)15(12-6-4-3-5-7-12)13(10-18)16(19)23-11/h3-7,15H,8-9,19H2,1-2H3/t15-/m1/s1. The van der Waals surface area contributed by atoms with Crippen molar-refractivity contribution in [3.8, 4) is 6.07 Å². The van der Waals surface area contributed by atoms with Gasteiger partial charge in [0.2, 0.25) is 5.88 Å². The summed E-state index contributed by atoms with van der Waals surface area (Å²) in [6, 6.07) is 11.2. The minimum absolute atomic E-state index is 0.00675. The van der Waals surface area contributed by atoms with Crippen molar-refractivity contribution in [1.29, 1.82) is 5.26 Å². The van der Waals surface area contributed by atoms with Gasteiger partial charge in [0.1, 0.15) is 24.0 Å². The number of nitrogens with zero attached hydrogens (tertiary/aromatic N) is 1. The number of nitrogens with two attached hydrogens (primary N) is 1. The van der Waals surface area contributed by atoms with Crippen molar-refractivity contribution in [3.63, 3.8) is 0 Å². The number of hydrogen-bond acceptors (Lipinski definition) is 6. The summed E-state index contributed by atoms with van der Waals surface area (Å²) in [5, 5.41) is 9.43. The van der Waals surface area contributed by atoms with Gasteiger partial charge in [0.05, 0.1) is 18.1 Å². The Morgan fingerprint density at radius 2 is 2.04 bits per heavy atom. The summed E-state index contributed by atoms with van der Waals surface area (Å²) in [5.41, 5.74) is 7.06. The molecule has 1 aliphatic rings. The molecule has 2 rings (SSSR count). The Morgan fingerprint density at radius 3 is 2.65 bits per heavy atom. The molecule has 0 saturated heterocycles. The van der Waals surface area contributed by atoms with Gasteiger partial charge in [0, 0.05) is 7.11 Å². The SMILES string of the molecule is COCCOC(=O)C1=C(C)OC(N)=C(C#N)[C@H]1c1ccccc1. The average Bonchev–Trinajstić information content (AvgIpc) is 2.55. The van der Waals surface area contributed by atoms with Gasteiger partial charge in [-0.3, -0.25) is 0 Å². The molecule has 0 amide bonds. The Bertz CT molecular complexity index is 686. The molecule has 1 aromatic carbocycles. The summed E-state index contributed by atoms with van der Waals surface area (Å²) in [6.07, 6.45) is 0. The molecular formula is C17H18N2O4. The van der Waals surface area contributed by atoms with Crippen LogP contribution in [0.5, 0.6) is 0 Å². The van der Waals surface area contributed by atoms with E-state index in [1.165, 1.54) is 7.11 Å². The Balaban J connectivity index is 2.43. The zero-order valence-electron chi connectivity index (χ0n) is 13.0. The lowest BCUT2D eigenvalue weighted by Crippen LogP contribution is -2.26. The maximum absolute atomic E-state index is 12.4. The molecule has 23 heavy (non-hydrogen) atoms. The number of rotatable bonds is 5. The molecule has 1 heterocycles. The van der Waals surface area contributed by atoms with E-state index in [1.54, 1.807) is 6.92 Å². The molecule has 1 aliphatic heterocycles. The van der Waals surface area contributed by atoms with Gasteiger partial charge in [-0.25, -0.2) is 4.79 Å². The number of nitriles is 1. The van der Waals surface area contributed by atoms with Crippen LogP contribution in [-0.2, 0) is 19.0 Å². The molecule has 0 aliphatic carbocycles. The highest BCUT2D eigenvalue weighted by atomic mass is 16.6. The van der Waals surface area contributed by atoms with Crippen molar-refractivity contribution in [3.05, 3.63) is 58.7 Å². The number of carbonyl (C=O) groups excluding carboxylic acids is 1. The Hall–Kier alpha value is -2.78. The van der Waals surface area contributed by atoms with Crippen LogP contribution in [0.2, 0.25) is 0 Å². The first-order chi connectivity index (χ1) is 11.1. The zero-order valence-corrected chi connectivity index (χ0v) is 13.0. The van der Waals surface area contributed by atoms with E-state index < -0.39 is 11.9 Å². The summed E-state index contributed by atoms with van der Waals surface area (Å²) in [5.74, 6) is -0.816. The second kappa shape index (κ2) is 7.47. The number of esters is 1. The Labute approximate surface area is 134 Å². The quantitative estimate of drug-likeness (QED) is 0.659. The normalized spacial score (nSPS) is 17.5. The van der Waals surface area contributed by atoms with E-state index in [0.717, 1.165) is 5.56 Å². The van der Waals surface area contributed by atoms with Gasteiger partial charge in [-0.1, -0.05) is 30.3 Å². The van der Waals surface area contributed by atoms with Gasteiger partial charge in [-0.2, -0.15) is 5.26 Å². The number of benzene rings is 1. The van der Waals surface area contributed by atoms with E-state index in [9.17, 15) is 10.1 Å². The molecule has 0 bridgehead atoms. The van der Waals surface area contributed by atoms with Gasteiger partial charge in [0.25, 0.3) is 0 Å². The minimum Gasteiger partial charge on any atom is -0.460 e. The van der Waals surface area contributed by atoms with Crippen LogP contribution in [0.1, 0.15) is 18.4 Å². The Kier molecular flexibility index (Phi) is 5.39. The second-order valence-corrected chi connectivity index (χ2v) is 4.93. The van der Waals surface area contributed by atoms with Crippen LogP contribution in [0, 0.1) is 11.3 Å². The second-order valence-electron chi connectivity index (χ2n) is 4.93. The van der Waals surface area contributed by atoms with Gasteiger partial charge >= 0.3 is 5.97 Å². The van der Waals surface area contributed by atoms with E-state index in [-0.39, 0.29) is 30.2 Å². The van der Waals surface area contributed by atoms with Gasteiger partial charge in [0.15, 0.2) is 0 Å². The van der Waals surface area contributed by atoms with Crippen molar-refractivity contribution in [2.75, 3.05) is 20.3 Å². The van der Waals surface area contributed by atoms with Crippen LogP contribution in [0.4, 0.5) is 0 Å². The smallest absolute Gasteiger partial charge is 0.338 e. The molecule has 0 aromatic heterocycles. The van der Waals surface area contributed by atoms with Gasteiger partial charge in [-0.15, -0.1) is 0 Å². The lowest BCUT2D eigenvalue weighted by Gasteiger charge is -2.26. The number of allylic oxidation sites excluding steroid dienone is 2. The topological polar surface area (TPSA) is 94.6 Å². The summed E-state index contributed by atoms with van der Waals surface area (Å²) < 4.78 is 15.4. The first-order valence-corrected chi connectivity index (χ1v) is 7.09. The molecule has 0 saturated carbocycles. The monoisotopic (exact) mass is 314 g/mol. The molecule has 120 valence electrons. The molecule has 0 spiro atoms. The van der Waals surface area contributed by atoms with Crippen molar-refractivity contribution >= 4 is 5.97 Å². The fraction of sp³-hybridized carbons (Fsp3) is 0.294.